The van der Waals surface area contributed by atoms with Gasteiger partial charge in [0.15, 0.2) is 0 Å². The van der Waals surface area contributed by atoms with Gasteiger partial charge in [-0.2, -0.15) is 0 Å². The number of hydrogen-bond acceptors (Lipinski definition) is 4. The zero-order chi connectivity index (χ0) is 18.9. The lowest BCUT2D eigenvalue weighted by Gasteiger charge is -2.24. The summed E-state index contributed by atoms with van der Waals surface area (Å²) in [5, 5.41) is 11.4. The van der Waals surface area contributed by atoms with Gasteiger partial charge in [0.05, 0.1) is 6.61 Å². The molecule has 0 saturated carbocycles. The average Bonchev–Trinajstić information content (AvgIpc) is 3.10. The lowest BCUT2D eigenvalue weighted by Crippen LogP contribution is -2.43. The van der Waals surface area contributed by atoms with Gasteiger partial charge in [-0.05, 0) is 49.9 Å². The predicted octanol–water partition coefficient (Wildman–Crippen LogP) is 2.66. The SMILES string of the molecule is CCCC(=O)N1CCCC1C(=O)Nc1ccc(OCCCC(=O)O)cc1. The van der Waals surface area contributed by atoms with Crippen LogP contribution in [-0.2, 0) is 14.4 Å². The summed E-state index contributed by atoms with van der Waals surface area (Å²) in [5.41, 5.74) is 0.641. The summed E-state index contributed by atoms with van der Waals surface area (Å²) < 4.78 is 5.46. The molecule has 7 nitrogen and oxygen atoms in total. The minimum atomic E-state index is -0.843. The highest BCUT2D eigenvalue weighted by atomic mass is 16.5. The fourth-order valence-electron chi connectivity index (χ4n) is 2.97. The third-order valence-corrected chi connectivity index (χ3v) is 4.27. The number of aliphatic carboxylic acids is 1. The van der Waals surface area contributed by atoms with Crippen molar-refractivity contribution < 1.29 is 24.2 Å². The molecular weight excluding hydrogens is 336 g/mol. The van der Waals surface area contributed by atoms with E-state index in [9.17, 15) is 14.4 Å². The van der Waals surface area contributed by atoms with Crippen molar-refractivity contribution in [3.63, 3.8) is 0 Å². The number of ether oxygens (including phenoxy) is 1. The molecule has 2 N–H and O–H groups in total. The summed E-state index contributed by atoms with van der Waals surface area (Å²) in [6.07, 6.45) is 3.29. The minimum absolute atomic E-state index is 0.0373. The van der Waals surface area contributed by atoms with Crippen molar-refractivity contribution in [1.82, 2.24) is 4.90 Å². The zero-order valence-electron chi connectivity index (χ0n) is 15.1. The van der Waals surface area contributed by atoms with E-state index in [0.29, 0.717) is 43.9 Å². The summed E-state index contributed by atoms with van der Waals surface area (Å²) in [7, 11) is 0. The second-order valence-corrected chi connectivity index (χ2v) is 6.35. The van der Waals surface area contributed by atoms with Gasteiger partial charge in [0, 0.05) is 25.1 Å². The summed E-state index contributed by atoms with van der Waals surface area (Å²) in [6, 6.07) is 6.52. The van der Waals surface area contributed by atoms with E-state index in [1.165, 1.54) is 0 Å². The summed E-state index contributed by atoms with van der Waals surface area (Å²) in [4.78, 5) is 36.7. The molecule has 2 amide bonds. The largest absolute Gasteiger partial charge is 0.494 e. The molecule has 1 aromatic rings. The first-order valence-electron chi connectivity index (χ1n) is 9.06. The molecule has 0 radical (unpaired) electrons. The van der Waals surface area contributed by atoms with Crippen molar-refractivity contribution in [3.8, 4) is 5.75 Å². The van der Waals surface area contributed by atoms with Crippen LogP contribution in [0.15, 0.2) is 24.3 Å². The summed E-state index contributed by atoms with van der Waals surface area (Å²) >= 11 is 0. The molecule has 26 heavy (non-hydrogen) atoms. The van der Waals surface area contributed by atoms with Crippen LogP contribution in [0.1, 0.15) is 45.4 Å². The van der Waals surface area contributed by atoms with E-state index in [1.54, 1.807) is 29.2 Å². The zero-order valence-corrected chi connectivity index (χ0v) is 15.1. The maximum absolute atomic E-state index is 12.5. The van der Waals surface area contributed by atoms with E-state index in [1.807, 2.05) is 6.92 Å². The van der Waals surface area contributed by atoms with Gasteiger partial charge in [-0.25, -0.2) is 0 Å². The Morgan fingerprint density at radius 3 is 2.62 bits per heavy atom. The molecule has 0 aliphatic carbocycles. The van der Waals surface area contributed by atoms with Crippen LogP contribution in [0.2, 0.25) is 0 Å². The molecule has 1 aliphatic heterocycles. The third kappa shape index (κ3) is 5.75. The molecule has 1 heterocycles. The van der Waals surface area contributed by atoms with Crippen molar-refractivity contribution in [3.05, 3.63) is 24.3 Å². The molecule has 1 unspecified atom stereocenters. The number of nitrogens with one attached hydrogen (secondary N) is 1. The third-order valence-electron chi connectivity index (χ3n) is 4.27. The lowest BCUT2D eigenvalue weighted by atomic mass is 10.2. The van der Waals surface area contributed by atoms with E-state index in [0.717, 1.165) is 12.8 Å². The molecule has 1 aromatic carbocycles. The maximum Gasteiger partial charge on any atom is 0.303 e. The van der Waals surface area contributed by atoms with Crippen LogP contribution in [0.25, 0.3) is 0 Å². The van der Waals surface area contributed by atoms with Gasteiger partial charge in [-0.15, -0.1) is 0 Å². The molecular formula is C19H26N2O5. The number of carboxylic acids is 1. The molecule has 1 aliphatic rings. The van der Waals surface area contributed by atoms with E-state index >= 15 is 0 Å². The molecule has 7 heteroatoms. The van der Waals surface area contributed by atoms with E-state index in [-0.39, 0.29) is 18.2 Å². The normalized spacial score (nSPS) is 16.3. The van der Waals surface area contributed by atoms with Gasteiger partial charge in [0.1, 0.15) is 11.8 Å². The van der Waals surface area contributed by atoms with Crippen molar-refractivity contribution in [2.75, 3.05) is 18.5 Å². The summed E-state index contributed by atoms with van der Waals surface area (Å²) in [5.74, 6) is -0.351. The lowest BCUT2D eigenvalue weighted by molar-refractivity contribution is -0.137. The quantitative estimate of drug-likeness (QED) is 0.659. The minimum Gasteiger partial charge on any atom is -0.494 e. The molecule has 1 atom stereocenters. The number of anilines is 1. The highest BCUT2D eigenvalue weighted by Gasteiger charge is 2.33. The fourth-order valence-corrected chi connectivity index (χ4v) is 2.97. The van der Waals surface area contributed by atoms with Gasteiger partial charge >= 0.3 is 5.97 Å². The summed E-state index contributed by atoms with van der Waals surface area (Å²) in [6.45, 7) is 2.92. The van der Waals surface area contributed by atoms with Gasteiger partial charge in [-0.3, -0.25) is 14.4 Å². The van der Waals surface area contributed by atoms with Crippen LogP contribution in [0.5, 0.6) is 5.75 Å². The Kier molecular flexibility index (Phi) is 7.44. The van der Waals surface area contributed by atoms with Crippen molar-refractivity contribution in [2.45, 2.75) is 51.5 Å². The van der Waals surface area contributed by atoms with E-state index in [2.05, 4.69) is 5.32 Å². The van der Waals surface area contributed by atoms with Crippen LogP contribution in [0.4, 0.5) is 5.69 Å². The molecule has 1 saturated heterocycles. The Morgan fingerprint density at radius 1 is 1.23 bits per heavy atom. The molecule has 0 bridgehead atoms. The van der Waals surface area contributed by atoms with Gasteiger partial charge in [-0.1, -0.05) is 6.92 Å². The van der Waals surface area contributed by atoms with Crippen molar-refractivity contribution >= 4 is 23.5 Å². The number of likely N-dealkylation sites (tertiary alicyclic amines) is 1. The van der Waals surface area contributed by atoms with E-state index < -0.39 is 12.0 Å². The number of nitrogens with zero attached hydrogens (tertiary/aromatic N) is 1. The van der Waals surface area contributed by atoms with Gasteiger partial charge in [0.25, 0.3) is 0 Å². The number of amides is 2. The van der Waals surface area contributed by atoms with Crippen LogP contribution in [-0.4, -0.2) is 47.0 Å². The first-order valence-corrected chi connectivity index (χ1v) is 9.06. The smallest absolute Gasteiger partial charge is 0.303 e. The average molecular weight is 362 g/mol. The number of carbonyl (C=O) groups is 3. The fraction of sp³-hybridized carbons (Fsp3) is 0.526. The van der Waals surface area contributed by atoms with Crippen molar-refractivity contribution in [2.24, 2.45) is 0 Å². The predicted molar refractivity (Wildman–Crippen MR) is 97.1 cm³/mol. The van der Waals surface area contributed by atoms with Crippen molar-refractivity contribution in [1.29, 1.82) is 0 Å². The Bertz CT molecular complexity index is 629. The number of carbonyl (C=O) groups excluding carboxylic acids is 2. The molecule has 0 aromatic heterocycles. The highest BCUT2D eigenvalue weighted by Crippen LogP contribution is 2.22. The number of carboxylic acid groups (broad SMARTS) is 1. The molecule has 142 valence electrons. The number of rotatable bonds is 9. The Labute approximate surface area is 153 Å². The first kappa shape index (κ1) is 19.8. The Morgan fingerprint density at radius 2 is 1.96 bits per heavy atom. The van der Waals surface area contributed by atoms with Crippen LogP contribution < -0.4 is 10.1 Å². The van der Waals surface area contributed by atoms with Crippen LogP contribution >= 0.6 is 0 Å². The Hall–Kier alpha value is -2.57. The van der Waals surface area contributed by atoms with E-state index in [4.69, 9.17) is 9.84 Å². The first-order chi connectivity index (χ1) is 12.5. The Balaban J connectivity index is 1.85. The topological polar surface area (TPSA) is 95.9 Å². The van der Waals surface area contributed by atoms with Gasteiger partial charge < -0.3 is 20.1 Å². The monoisotopic (exact) mass is 362 g/mol. The second kappa shape index (κ2) is 9.79. The molecule has 1 fully saturated rings. The van der Waals surface area contributed by atoms with Crippen LogP contribution in [0, 0.1) is 0 Å². The van der Waals surface area contributed by atoms with Gasteiger partial charge in [0.2, 0.25) is 11.8 Å². The number of benzene rings is 1. The maximum atomic E-state index is 12.5. The standard InChI is InChI=1S/C19H26N2O5/c1-2-5-17(22)21-12-3-6-16(21)19(25)20-14-8-10-15(11-9-14)26-13-4-7-18(23)24/h8-11,16H,2-7,12-13H2,1H3,(H,20,25)(H,23,24). The number of hydrogen-bond donors (Lipinski definition) is 2. The second-order valence-electron chi connectivity index (χ2n) is 6.35. The highest BCUT2D eigenvalue weighted by molar-refractivity contribution is 5.97. The molecule has 2 rings (SSSR count). The molecule has 0 spiro atoms. The van der Waals surface area contributed by atoms with Crippen LogP contribution in [0.3, 0.4) is 0 Å².